The monoisotopic (exact) mass is 283 g/mol. The molecule has 0 spiro atoms. The van der Waals surface area contributed by atoms with E-state index in [1.165, 1.54) is 22.4 Å². The highest BCUT2D eigenvalue weighted by Gasteiger charge is 2.10. The molecule has 2 aromatic rings. The minimum Gasteiger partial charge on any atom is -0.488 e. The van der Waals surface area contributed by atoms with Gasteiger partial charge in [0.05, 0.1) is 6.54 Å². The number of aryl methyl sites for hydroxylation is 2. The van der Waals surface area contributed by atoms with Crippen LogP contribution in [0.15, 0.2) is 42.5 Å². The third-order valence-corrected chi connectivity index (χ3v) is 3.97. The zero-order valence-electron chi connectivity index (χ0n) is 13.4. The Balaban J connectivity index is 2.00. The van der Waals surface area contributed by atoms with E-state index in [4.69, 9.17) is 4.74 Å². The van der Waals surface area contributed by atoms with Gasteiger partial charge in [-0.1, -0.05) is 37.3 Å². The Hall–Kier alpha value is -1.96. The molecule has 0 aliphatic carbocycles. The predicted octanol–water partition coefficient (Wildman–Crippen LogP) is 4.88. The van der Waals surface area contributed by atoms with Crippen LogP contribution in [-0.4, -0.2) is 12.6 Å². The van der Waals surface area contributed by atoms with Crippen LogP contribution in [-0.2, 0) is 0 Å². The molecule has 112 valence electrons. The second-order valence-corrected chi connectivity index (χ2v) is 5.54. The van der Waals surface area contributed by atoms with E-state index in [0.717, 1.165) is 18.7 Å². The average molecular weight is 283 g/mol. The van der Waals surface area contributed by atoms with Crippen molar-refractivity contribution in [2.24, 2.45) is 0 Å². The molecule has 21 heavy (non-hydrogen) atoms. The molecule has 1 atom stereocenters. The Bertz CT molecular complexity index is 592. The Morgan fingerprint density at radius 1 is 0.952 bits per heavy atom. The van der Waals surface area contributed by atoms with Crippen LogP contribution in [0.4, 0.5) is 5.69 Å². The molecule has 1 unspecified atom stereocenters. The largest absolute Gasteiger partial charge is 0.488 e. The molecule has 2 rings (SSSR count). The van der Waals surface area contributed by atoms with E-state index in [9.17, 15) is 0 Å². The van der Waals surface area contributed by atoms with Crippen molar-refractivity contribution < 1.29 is 4.74 Å². The lowest BCUT2D eigenvalue weighted by Gasteiger charge is -2.21. The number of nitrogens with one attached hydrogen (secondary N) is 1. The molecule has 0 aromatic heterocycles. The van der Waals surface area contributed by atoms with Crippen molar-refractivity contribution in [2.75, 3.05) is 11.9 Å². The van der Waals surface area contributed by atoms with Crippen LogP contribution >= 0.6 is 0 Å². The first-order valence-electron chi connectivity index (χ1n) is 7.64. The number of hydrogen-bond acceptors (Lipinski definition) is 2. The van der Waals surface area contributed by atoms with Crippen LogP contribution < -0.4 is 10.1 Å². The molecule has 1 N–H and O–H groups in total. The van der Waals surface area contributed by atoms with Crippen molar-refractivity contribution in [2.45, 2.75) is 40.2 Å². The Morgan fingerprint density at radius 2 is 1.67 bits per heavy atom. The highest BCUT2D eigenvalue weighted by Crippen LogP contribution is 2.21. The summed E-state index contributed by atoms with van der Waals surface area (Å²) in [5.41, 5.74) is 5.00. The molecule has 0 saturated carbocycles. The van der Waals surface area contributed by atoms with Gasteiger partial charge in [-0.05, 0) is 56.0 Å². The fraction of sp³-hybridized carbons (Fsp3) is 0.368. The lowest BCUT2D eigenvalue weighted by Crippen LogP contribution is -2.26. The van der Waals surface area contributed by atoms with Gasteiger partial charge in [0, 0.05) is 5.69 Å². The highest BCUT2D eigenvalue weighted by molar-refractivity contribution is 5.53. The van der Waals surface area contributed by atoms with Gasteiger partial charge in [-0.3, -0.25) is 0 Å². The summed E-state index contributed by atoms with van der Waals surface area (Å²) in [5, 5.41) is 3.52. The van der Waals surface area contributed by atoms with Gasteiger partial charge in [-0.25, -0.2) is 0 Å². The first-order chi connectivity index (χ1) is 10.1. The third kappa shape index (κ3) is 4.01. The zero-order chi connectivity index (χ0) is 15.2. The molecule has 2 aromatic carbocycles. The van der Waals surface area contributed by atoms with E-state index in [0.29, 0.717) is 0 Å². The summed E-state index contributed by atoms with van der Waals surface area (Å²) in [6.45, 7) is 9.35. The van der Waals surface area contributed by atoms with E-state index in [2.05, 4.69) is 57.3 Å². The van der Waals surface area contributed by atoms with Crippen LogP contribution in [0.3, 0.4) is 0 Å². The quantitative estimate of drug-likeness (QED) is 0.815. The molecule has 0 amide bonds. The number of anilines is 1. The highest BCUT2D eigenvalue weighted by atomic mass is 16.5. The maximum atomic E-state index is 6.12. The molecule has 0 radical (unpaired) electrons. The molecule has 0 heterocycles. The SMILES string of the molecule is CCC(CNc1cccc(C)c1C)Oc1ccccc1C. The molecule has 2 heteroatoms. The number of benzene rings is 2. The summed E-state index contributed by atoms with van der Waals surface area (Å²) < 4.78 is 6.12. The molecule has 0 saturated heterocycles. The second kappa shape index (κ2) is 7.16. The minimum absolute atomic E-state index is 0.172. The number of rotatable bonds is 6. The molecule has 0 aliphatic heterocycles. The summed E-state index contributed by atoms with van der Waals surface area (Å²) in [5.74, 6) is 0.979. The van der Waals surface area contributed by atoms with Gasteiger partial charge in [-0.15, -0.1) is 0 Å². The zero-order valence-corrected chi connectivity index (χ0v) is 13.4. The van der Waals surface area contributed by atoms with Crippen LogP contribution in [0.25, 0.3) is 0 Å². The molecule has 2 nitrogen and oxygen atoms in total. The summed E-state index contributed by atoms with van der Waals surface area (Å²) in [6, 6.07) is 14.5. The lowest BCUT2D eigenvalue weighted by atomic mass is 10.1. The minimum atomic E-state index is 0.172. The van der Waals surface area contributed by atoms with Crippen molar-refractivity contribution in [3.8, 4) is 5.75 Å². The Morgan fingerprint density at radius 3 is 2.38 bits per heavy atom. The van der Waals surface area contributed by atoms with Gasteiger partial charge >= 0.3 is 0 Å². The maximum absolute atomic E-state index is 6.12. The first kappa shape index (κ1) is 15.4. The molecular weight excluding hydrogens is 258 g/mol. The van der Waals surface area contributed by atoms with E-state index in [1.807, 2.05) is 18.2 Å². The van der Waals surface area contributed by atoms with Crippen molar-refractivity contribution in [3.05, 3.63) is 59.2 Å². The fourth-order valence-corrected chi connectivity index (χ4v) is 2.30. The number of para-hydroxylation sites is 1. The van der Waals surface area contributed by atoms with Gasteiger partial charge in [0.2, 0.25) is 0 Å². The molecule has 0 fully saturated rings. The van der Waals surface area contributed by atoms with E-state index < -0.39 is 0 Å². The predicted molar refractivity (Wildman–Crippen MR) is 90.3 cm³/mol. The number of ether oxygens (including phenoxy) is 1. The third-order valence-electron chi connectivity index (χ3n) is 3.97. The van der Waals surface area contributed by atoms with Crippen LogP contribution in [0, 0.1) is 20.8 Å². The molecule has 0 aliphatic rings. The Labute approximate surface area is 128 Å². The topological polar surface area (TPSA) is 21.3 Å². The maximum Gasteiger partial charge on any atom is 0.122 e. The summed E-state index contributed by atoms with van der Waals surface area (Å²) in [7, 11) is 0. The van der Waals surface area contributed by atoms with Gasteiger partial charge in [-0.2, -0.15) is 0 Å². The van der Waals surface area contributed by atoms with E-state index >= 15 is 0 Å². The van der Waals surface area contributed by atoms with Gasteiger partial charge in [0.1, 0.15) is 11.9 Å². The van der Waals surface area contributed by atoms with E-state index in [1.54, 1.807) is 0 Å². The normalized spacial score (nSPS) is 12.0. The second-order valence-electron chi connectivity index (χ2n) is 5.54. The van der Waals surface area contributed by atoms with E-state index in [-0.39, 0.29) is 6.10 Å². The van der Waals surface area contributed by atoms with Crippen LogP contribution in [0.1, 0.15) is 30.0 Å². The van der Waals surface area contributed by atoms with Gasteiger partial charge < -0.3 is 10.1 Å². The van der Waals surface area contributed by atoms with Gasteiger partial charge in [0.15, 0.2) is 0 Å². The van der Waals surface area contributed by atoms with Crippen LogP contribution in [0.2, 0.25) is 0 Å². The average Bonchev–Trinajstić information content (AvgIpc) is 2.49. The van der Waals surface area contributed by atoms with Crippen molar-refractivity contribution in [1.29, 1.82) is 0 Å². The summed E-state index contributed by atoms with van der Waals surface area (Å²) >= 11 is 0. The number of hydrogen-bond donors (Lipinski definition) is 1. The standard InChI is InChI=1S/C19H25NO/c1-5-17(21-19-12-7-6-9-15(19)3)13-20-18-11-8-10-14(2)16(18)4/h6-12,17,20H,5,13H2,1-4H3. The lowest BCUT2D eigenvalue weighted by molar-refractivity contribution is 0.208. The molecule has 0 bridgehead atoms. The van der Waals surface area contributed by atoms with Gasteiger partial charge in [0.25, 0.3) is 0 Å². The summed E-state index contributed by atoms with van der Waals surface area (Å²) in [4.78, 5) is 0. The van der Waals surface area contributed by atoms with Crippen molar-refractivity contribution >= 4 is 5.69 Å². The summed E-state index contributed by atoms with van der Waals surface area (Å²) in [6.07, 6.45) is 1.15. The van der Waals surface area contributed by atoms with Crippen molar-refractivity contribution in [3.63, 3.8) is 0 Å². The fourth-order valence-electron chi connectivity index (χ4n) is 2.30. The van der Waals surface area contributed by atoms with Crippen molar-refractivity contribution in [1.82, 2.24) is 0 Å². The molecular formula is C19H25NO. The Kier molecular flexibility index (Phi) is 5.26. The smallest absolute Gasteiger partial charge is 0.122 e. The van der Waals surface area contributed by atoms with Crippen LogP contribution in [0.5, 0.6) is 5.75 Å². The first-order valence-corrected chi connectivity index (χ1v) is 7.64.